The maximum atomic E-state index is 12.7. The second-order valence-electron chi connectivity index (χ2n) is 6.53. The molecule has 0 radical (unpaired) electrons. The van der Waals surface area contributed by atoms with E-state index < -0.39 is 0 Å². The molecule has 124 valence electrons. The number of aryl methyl sites for hydroxylation is 2. The van der Waals surface area contributed by atoms with Crippen molar-refractivity contribution in [1.29, 1.82) is 0 Å². The van der Waals surface area contributed by atoms with Crippen LogP contribution in [0.25, 0.3) is 11.0 Å². The minimum atomic E-state index is 0.0763. The van der Waals surface area contributed by atoms with E-state index in [-0.39, 0.29) is 5.91 Å². The molecule has 24 heavy (non-hydrogen) atoms. The Kier molecular flexibility index (Phi) is 3.63. The molecule has 3 heterocycles. The monoisotopic (exact) mass is 323 g/mol. The number of carbonyl (C=O) groups is 1. The minimum absolute atomic E-state index is 0.0763. The maximum Gasteiger partial charge on any atom is 0.257 e. The van der Waals surface area contributed by atoms with Crippen molar-refractivity contribution in [2.75, 3.05) is 13.1 Å². The summed E-state index contributed by atoms with van der Waals surface area (Å²) in [5.74, 6) is 2.99. The topological polar surface area (TPSA) is 62.1 Å². The number of H-pyrrole nitrogens is 1. The Morgan fingerprint density at radius 2 is 2.00 bits per heavy atom. The van der Waals surface area contributed by atoms with E-state index in [1.807, 2.05) is 43.0 Å². The molecule has 0 unspecified atom stereocenters. The minimum Gasteiger partial charge on any atom is -0.466 e. The molecule has 1 saturated heterocycles. The largest absolute Gasteiger partial charge is 0.466 e. The standard InChI is InChI=1S/C19H21N3O2/c1-12-11-15(13(2)24-12)19(23)22-9-7-14(8-10-22)18-20-16-5-3-4-6-17(16)21-18/h3-6,11,14H,7-10H2,1-2H3,(H,20,21). The lowest BCUT2D eigenvalue weighted by molar-refractivity contribution is 0.0709. The van der Waals surface area contributed by atoms with Crippen LogP contribution in [0.2, 0.25) is 0 Å². The van der Waals surface area contributed by atoms with Gasteiger partial charge in [0.25, 0.3) is 5.91 Å². The number of benzene rings is 1. The van der Waals surface area contributed by atoms with Crippen molar-refractivity contribution < 1.29 is 9.21 Å². The van der Waals surface area contributed by atoms with Gasteiger partial charge >= 0.3 is 0 Å². The lowest BCUT2D eigenvalue weighted by Gasteiger charge is -2.31. The first kappa shape index (κ1) is 15.0. The normalized spacial score (nSPS) is 16.0. The van der Waals surface area contributed by atoms with Crippen molar-refractivity contribution in [3.63, 3.8) is 0 Å². The van der Waals surface area contributed by atoms with Crippen LogP contribution in [-0.2, 0) is 0 Å². The summed E-state index contributed by atoms with van der Waals surface area (Å²) in [5.41, 5.74) is 2.78. The number of furan rings is 1. The zero-order valence-corrected chi connectivity index (χ0v) is 14.0. The van der Waals surface area contributed by atoms with Gasteiger partial charge in [-0.3, -0.25) is 4.79 Å². The number of nitrogens with zero attached hydrogens (tertiary/aromatic N) is 2. The average Bonchev–Trinajstić information content (AvgIpc) is 3.17. The zero-order chi connectivity index (χ0) is 16.7. The summed E-state index contributed by atoms with van der Waals surface area (Å²) >= 11 is 0. The molecular weight excluding hydrogens is 302 g/mol. The molecule has 0 bridgehead atoms. The highest BCUT2D eigenvalue weighted by Crippen LogP contribution is 2.29. The number of imidazole rings is 1. The Morgan fingerprint density at radius 3 is 2.67 bits per heavy atom. The lowest BCUT2D eigenvalue weighted by Crippen LogP contribution is -2.38. The van der Waals surface area contributed by atoms with Gasteiger partial charge in [-0.15, -0.1) is 0 Å². The Labute approximate surface area is 140 Å². The highest BCUT2D eigenvalue weighted by molar-refractivity contribution is 5.95. The van der Waals surface area contributed by atoms with Gasteiger partial charge in [0.2, 0.25) is 0 Å². The second kappa shape index (κ2) is 5.82. The van der Waals surface area contributed by atoms with Gasteiger partial charge < -0.3 is 14.3 Å². The van der Waals surface area contributed by atoms with E-state index in [1.165, 1.54) is 0 Å². The number of amides is 1. The zero-order valence-electron chi connectivity index (χ0n) is 14.0. The first-order chi connectivity index (χ1) is 11.6. The van der Waals surface area contributed by atoms with Crippen molar-refractivity contribution >= 4 is 16.9 Å². The first-order valence-electron chi connectivity index (χ1n) is 8.43. The Morgan fingerprint density at radius 1 is 1.25 bits per heavy atom. The fraction of sp³-hybridized carbons (Fsp3) is 0.368. The molecule has 0 spiro atoms. The third kappa shape index (κ3) is 2.60. The molecule has 1 aliphatic rings. The number of rotatable bonds is 2. The van der Waals surface area contributed by atoms with Gasteiger partial charge in [-0.2, -0.15) is 0 Å². The molecular formula is C19H21N3O2. The number of likely N-dealkylation sites (tertiary alicyclic amines) is 1. The molecule has 3 aromatic rings. The van der Waals surface area contributed by atoms with Crippen molar-refractivity contribution in [1.82, 2.24) is 14.9 Å². The van der Waals surface area contributed by atoms with Crippen LogP contribution in [0.4, 0.5) is 0 Å². The van der Waals surface area contributed by atoms with Gasteiger partial charge in [-0.05, 0) is 44.9 Å². The van der Waals surface area contributed by atoms with Crippen molar-refractivity contribution in [2.24, 2.45) is 0 Å². The van der Waals surface area contributed by atoms with E-state index in [1.54, 1.807) is 0 Å². The summed E-state index contributed by atoms with van der Waals surface area (Å²) in [4.78, 5) is 22.7. The highest BCUT2D eigenvalue weighted by Gasteiger charge is 2.27. The smallest absolute Gasteiger partial charge is 0.257 e. The maximum absolute atomic E-state index is 12.7. The van der Waals surface area contributed by atoms with Crippen LogP contribution in [0.15, 0.2) is 34.7 Å². The summed E-state index contributed by atoms with van der Waals surface area (Å²) in [6.45, 7) is 5.23. The summed E-state index contributed by atoms with van der Waals surface area (Å²) in [6, 6.07) is 9.93. The van der Waals surface area contributed by atoms with E-state index >= 15 is 0 Å². The van der Waals surface area contributed by atoms with E-state index in [0.717, 1.165) is 48.5 Å². The molecule has 1 aromatic carbocycles. The number of hydrogen-bond acceptors (Lipinski definition) is 3. The number of hydrogen-bond donors (Lipinski definition) is 1. The number of aromatic nitrogens is 2. The molecule has 1 fully saturated rings. The molecule has 0 saturated carbocycles. The van der Waals surface area contributed by atoms with Crippen molar-refractivity contribution in [3.05, 3.63) is 53.2 Å². The quantitative estimate of drug-likeness (QED) is 0.780. The van der Waals surface area contributed by atoms with Crippen LogP contribution in [0, 0.1) is 13.8 Å². The number of para-hydroxylation sites is 2. The van der Waals surface area contributed by atoms with Crippen molar-refractivity contribution in [2.45, 2.75) is 32.6 Å². The van der Waals surface area contributed by atoms with E-state index in [0.29, 0.717) is 17.2 Å². The molecule has 1 amide bonds. The number of nitrogens with one attached hydrogen (secondary N) is 1. The van der Waals surface area contributed by atoms with Crippen LogP contribution in [-0.4, -0.2) is 33.9 Å². The third-order valence-electron chi connectivity index (χ3n) is 4.85. The summed E-state index contributed by atoms with van der Waals surface area (Å²) in [5, 5.41) is 0. The predicted octanol–water partition coefficient (Wildman–Crippen LogP) is 3.79. The molecule has 0 aliphatic carbocycles. The van der Waals surface area contributed by atoms with Crippen LogP contribution < -0.4 is 0 Å². The van der Waals surface area contributed by atoms with Gasteiger partial charge in [-0.25, -0.2) is 4.98 Å². The summed E-state index contributed by atoms with van der Waals surface area (Å²) in [6.07, 6.45) is 1.86. The number of aromatic amines is 1. The van der Waals surface area contributed by atoms with Gasteiger partial charge in [0.1, 0.15) is 17.3 Å². The van der Waals surface area contributed by atoms with Gasteiger partial charge in [-0.1, -0.05) is 12.1 Å². The summed E-state index contributed by atoms with van der Waals surface area (Å²) < 4.78 is 5.49. The third-order valence-corrected chi connectivity index (χ3v) is 4.85. The predicted molar refractivity (Wildman–Crippen MR) is 92.2 cm³/mol. The first-order valence-corrected chi connectivity index (χ1v) is 8.43. The fourth-order valence-corrected chi connectivity index (χ4v) is 3.54. The lowest BCUT2D eigenvalue weighted by atomic mass is 9.95. The molecule has 0 atom stereocenters. The number of carbonyl (C=O) groups excluding carboxylic acids is 1. The highest BCUT2D eigenvalue weighted by atomic mass is 16.3. The fourth-order valence-electron chi connectivity index (χ4n) is 3.54. The molecule has 2 aromatic heterocycles. The van der Waals surface area contributed by atoms with Gasteiger partial charge in [0, 0.05) is 19.0 Å². The molecule has 5 nitrogen and oxygen atoms in total. The Balaban J connectivity index is 1.46. The van der Waals surface area contributed by atoms with Crippen LogP contribution in [0.1, 0.15) is 46.5 Å². The van der Waals surface area contributed by atoms with Gasteiger partial charge in [0.05, 0.1) is 16.6 Å². The second-order valence-corrected chi connectivity index (χ2v) is 6.53. The molecule has 5 heteroatoms. The Hall–Kier alpha value is -2.56. The average molecular weight is 323 g/mol. The van der Waals surface area contributed by atoms with E-state index in [4.69, 9.17) is 9.40 Å². The molecule has 4 rings (SSSR count). The van der Waals surface area contributed by atoms with Crippen LogP contribution in [0.3, 0.4) is 0 Å². The van der Waals surface area contributed by atoms with Crippen LogP contribution >= 0.6 is 0 Å². The summed E-state index contributed by atoms with van der Waals surface area (Å²) in [7, 11) is 0. The number of piperidine rings is 1. The van der Waals surface area contributed by atoms with Crippen LogP contribution in [0.5, 0.6) is 0 Å². The van der Waals surface area contributed by atoms with E-state index in [9.17, 15) is 4.79 Å². The van der Waals surface area contributed by atoms with Gasteiger partial charge in [0.15, 0.2) is 0 Å². The van der Waals surface area contributed by atoms with E-state index in [2.05, 4.69) is 11.1 Å². The molecule has 1 aliphatic heterocycles. The Bertz CT molecular complexity index is 852. The number of fused-ring (bicyclic) bond motifs is 1. The van der Waals surface area contributed by atoms with Crippen molar-refractivity contribution in [3.8, 4) is 0 Å². The molecule has 1 N–H and O–H groups in total. The SMILES string of the molecule is Cc1cc(C(=O)N2CCC(c3nc4ccccc4[nH]3)CC2)c(C)o1.